The van der Waals surface area contributed by atoms with Crippen molar-refractivity contribution in [1.29, 1.82) is 0 Å². The van der Waals surface area contributed by atoms with E-state index in [1.54, 1.807) is 6.20 Å². The maximum atomic E-state index is 13.7. The van der Waals surface area contributed by atoms with E-state index < -0.39 is 0 Å². The van der Waals surface area contributed by atoms with Gasteiger partial charge in [-0.05, 0) is 45.2 Å². The summed E-state index contributed by atoms with van der Waals surface area (Å²) in [6, 6.07) is 10.7. The Balaban J connectivity index is 1.53. The van der Waals surface area contributed by atoms with Gasteiger partial charge < -0.3 is 9.47 Å². The molecular formula is C25H28N6O. The molecule has 0 unspecified atom stereocenters. The van der Waals surface area contributed by atoms with Crippen LogP contribution in [0.3, 0.4) is 0 Å². The minimum absolute atomic E-state index is 0.0552. The van der Waals surface area contributed by atoms with Crippen molar-refractivity contribution in [3.63, 3.8) is 0 Å². The Morgan fingerprint density at radius 2 is 1.94 bits per heavy atom. The van der Waals surface area contributed by atoms with Gasteiger partial charge in [0, 0.05) is 43.1 Å². The van der Waals surface area contributed by atoms with Crippen molar-refractivity contribution in [2.24, 2.45) is 0 Å². The second-order valence-electron chi connectivity index (χ2n) is 8.82. The van der Waals surface area contributed by atoms with Crippen LogP contribution in [0, 0.1) is 6.92 Å². The van der Waals surface area contributed by atoms with Crippen LogP contribution >= 0.6 is 0 Å². The van der Waals surface area contributed by atoms with Gasteiger partial charge in [0.2, 0.25) is 0 Å². The minimum atomic E-state index is 0.0552. The number of benzene rings is 1. The fourth-order valence-electron chi connectivity index (χ4n) is 4.59. The molecule has 1 amide bonds. The molecule has 1 aliphatic rings. The van der Waals surface area contributed by atoms with Crippen molar-refractivity contribution in [3.8, 4) is 11.3 Å². The standard InChI is InChI=1S/C25H28N6O/c1-17(2)31-24-22(15-27-31)21(14-23(28-24)20-7-5-4-6-18(20)3)25(32)29-11-8-19(9-12-29)30-13-10-26-16-30/h4-7,10,13-17,19H,8-9,11-12H2,1-3H3. The summed E-state index contributed by atoms with van der Waals surface area (Å²) in [6.07, 6.45) is 9.31. The molecule has 0 aliphatic carbocycles. The first-order valence-corrected chi connectivity index (χ1v) is 11.2. The number of fused-ring (bicyclic) bond motifs is 1. The Morgan fingerprint density at radius 3 is 2.62 bits per heavy atom. The number of nitrogens with zero attached hydrogens (tertiary/aromatic N) is 6. The molecule has 1 aliphatic heterocycles. The molecule has 0 atom stereocenters. The van der Waals surface area contributed by atoms with Crippen molar-refractivity contribution < 1.29 is 4.79 Å². The molecule has 7 heteroatoms. The van der Waals surface area contributed by atoms with Crippen LogP contribution in [0.1, 0.15) is 54.7 Å². The Morgan fingerprint density at radius 1 is 1.16 bits per heavy atom. The van der Waals surface area contributed by atoms with Gasteiger partial charge in [0.05, 0.1) is 29.2 Å². The zero-order valence-electron chi connectivity index (χ0n) is 18.8. The second kappa shape index (κ2) is 8.22. The Bertz CT molecular complexity index is 1250. The first-order valence-electron chi connectivity index (χ1n) is 11.2. The average molecular weight is 429 g/mol. The highest BCUT2D eigenvalue weighted by Crippen LogP contribution is 2.30. The maximum absolute atomic E-state index is 13.7. The van der Waals surface area contributed by atoms with Gasteiger partial charge in [-0.3, -0.25) is 4.79 Å². The van der Waals surface area contributed by atoms with Crippen LogP contribution in [0.4, 0.5) is 0 Å². The molecule has 1 saturated heterocycles. The van der Waals surface area contributed by atoms with Gasteiger partial charge in [-0.15, -0.1) is 0 Å². The predicted octanol–water partition coefficient (Wildman–Crippen LogP) is 4.66. The third-order valence-corrected chi connectivity index (χ3v) is 6.41. The number of carbonyl (C=O) groups is 1. The number of imidazole rings is 1. The van der Waals surface area contributed by atoms with E-state index in [0.717, 1.165) is 53.8 Å². The van der Waals surface area contributed by atoms with E-state index in [-0.39, 0.29) is 11.9 Å². The number of carbonyl (C=O) groups excluding carboxylic acids is 1. The molecule has 3 aromatic heterocycles. The molecule has 0 saturated carbocycles. The Labute approximate surface area is 187 Å². The molecule has 7 nitrogen and oxygen atoms in total. The lowest BCUT2D eigenvalue weighted by Crippen LogP contribution is -2.39. The van der Waals surface area contributed by atoms with Gasteiger partial charge >= 0.3 is 0 Å². The van der Waals surface area contributed by atoms with Crippen LogP contribution in [-0.2, 0) is 0 Å². The van der Waals surface area contributed by atoms with Crippen molar-refractivity contribution in [1.82, 2.24) is 29.2 Å². The molecule has 32 heavy (non-hydrogen) atoms. The Kier molecular flexibility index (Phi) is 5.25. The van der Waals surface area contributed by atoms with Gasteiger partial charge in [-0.1, -0.05) is 24.3 Å². The lowest BCUT2D eigenvalue weighted by atomic mass is 10.0. The first-order chi connectivity index (χ1) is 15.5. The zero-order chi connectivity index (χ0) is 22.2. The monoisotopic (exact) mass is 428 g/mol. The quantitative estimate of drug-likeness (QED) is 0.474. The molecule has 1 aromatic carbocycles. The van der Waals surface area contributed by atoms with Crippen LogP contribution < -0.4 is 0 Å². The molecule has 1 fully saturated rings. The summed E-state index contributed by atoms with van der Waals surface area (Å²) < 4.78 is 4.05. The molecule has 0 radical (unpaired) electrons. The predicted molar refractivity (Wildman–Crippen MR) is 124 cm³/mol. The summed E-state index contributed by atoms with van der Waals surface area (Å²) in [6.45, 7) is 7.68. The van der Waals surface area contributed by atoms with E-state index in [9.17, 15) is 4.79 Å². The SMILES string of the molecule is Cc1ccccc1-c1cc(C(=O)N2CCC(n3ccnc3)CC2)c2cnn(C(C)C)c2n1. The molecule has 0 spiro atoms. The van der Waals surface area contributed by atoms with E-state index in [1.165, 1.54) is 0 Å². The number of aryl methyl sites for hydroxylation is 1. The van der Waals surface area contributed by atoms with Gasteiger partial charge in [0.25, 0.3) is 5.91 Å². The van der Waals surface area contributed by atoms with Crippen molar-refractivity contribution in [2.45, 2.75) is 45.7 Å². The van der Waals surface area contributed by atoms with Gasteiger partial charge in [0.15, 0.2) is 5.65 Å². The largest absolute Gasteiger partial charge is 0.338 e. The summed E-state index contributed by atoms with van der Waals surface area (Å²) in [7, 11) is 0. The second-order valence-corrected chi connectivity index (χ2v) is 8.82. The molecule has 0 N–H and O–H groups in total. The molecule has 4 aromatic rings. The highest BCUT2D eigenvalue weighted by atomic mass is 16.2. The Hall–Kier alpha value is -3.48. The summed E-state index contributed by atoms with van der Waals surface area (Å²) >= 11 is 0. The highest BCUT2D eigenvalue weighted by molar-refractivity contribution is 6.06. The van der Waals surface area contributed by atoms with Crippen molar-refractivity contribution >= 4 is 16.9 Å². The van der Waals surface area contributed by atoms with Crippen LogP contribution in [-0.4, -0.2) is 48.2 Å². The highest BCUT2D eigenvalue weighted by Gasteiger charge is 2.27. The summed E-state index contributed by atoms with van der Waals surface area (Å²) in [5.41, 5.74) is 4.43. The van der Waals surface area contributed by atoms with E-state index in [2.05, 4.69) is 47.6 Å². The number of aromatic nitrogens is 5. The van der Waals surface area contributed by atoms with Gasteiger partial charge in [0.1, 0.15) is 0 Å². The number of hydrogen-bond donors (Lipinski definition) is 0. The number of likely N-dealkylation sites (tertiary alicyclic amines) is 1. The molecule has 164 valence electrons. The van der Waals surface area contributed by atoms with E-state index in [1.807, 2.05) is 46.5 Å². The molecule has 5 rings (SSSR count). The topological polar surface area (TPSA) is 68.8 Å². The number of pyridine rings is 1. The van der Waals surface area contributed by atoms with Crippen molar-refractivity contribution in [2.75, 3.05) is 13.1 Å². The lowest BCUT2D eigenvalue weighted by molar-refractivity contribution is 0.0696. The number of hydrogen-bond acceptors (Lipinski definition) is 4. The summed E-state index contributed by atoms with van der Waals surface area (Å²) in [4.78, 5) is 24.8. The number of amides is 1. The third kappa shape index (κ3) is 3.57. The lowest BCUT2D eigenvalue weighted by Gasteiger charge is -2.32. The fraction of sp³-hybridized carbons (Fsp3) is 0.360. The third-order valence-electron chi connectivity index (χ3n) is 6.41. The number of piperidine rings is 1. The number of rotatable bonds is 4. The summed E-state index contributed by atoms with van der Waals surface area (Å²) in [5.74, 6) is 0.0552. The van der Waals surface area contributed by atoms with E-state index >= 15 is 0 Å². The van der Waals surface area contributed by atoms with E-state index in [4.69, 9.17) is 4.98 Å². The van der Waals surface area contributed by atoms with E-state index in [0.29, 0.717) is 11.6 Å². The molecular weight excluding hydrogens is 400 g/mol. The van der Waals surface area contributed by atoms with Crippen LogP contribution in [0.5, 0.6) is 0 Å². The zero-order valence-corrected chi connectivity index (χ0v) is 18.8. The normalized spacial score (nSPS) is 15.1. The fourth-order valence-corrected chi connectivity index (χ4v) is 4.59. The summed E-state index contributed by atoms with van der Waals surface area (Å²) in [5, 5.41) is 5.38. The van der Waals surface area contributed by atoms with Gasteiger partial charge in [-0.2, -0.15) is 5.10 Å². The smallest absolute Gasteiger partial charge is 0.254 e. The molecule has 0 bridgehead atoms. The molecule has 4 heterocycles. The first kappa shape index (κ1) is 20.4. The van der Waals surface area contributed by atoms with Gasteiger partial charge in [-0.25, -0.2) is 14.6 Å². The average Bonchev–Trinajstić information content (AvgIpc) is 3.49. The van der Waals surface area contributed by atoms with Crippen LogP contribution in [0.15, 0.2) is 55.2 Å². The van der Waals surface area contributed by atoms with Crippen LogP contribution in [0.2, 0.25) is 0 Å². The van der Waals surface area contributed by atoms with Crippen molar-refractivity contribution in [3.05, 3.63) is 66.4 Å². The van der Waals surface area contributed by atoms with Crippen LogP contribution in [0.25, 0.3) is 22.3 Å². The maximum Gasteiger partial charge on any atom is 0.254 e. The minimum Gasteiger partial charge on any atom is -0.338 e.